The van der Waals surface area contributed by atoms with Gasteiger partial charge in [-0.05, 0) is 81.4 Å². The molecule has 0 saturated carbocycles. The van der Waals surface area contributed by atoms with Crippen LogP contribution in [0.4, 0.5) is 0 Å². The maximum Gasteiger partial charge on any atom is 0.134 e. The molecule has 4 aromatic carbocycles. The summed E-state index contributed by atoms with van der Waals surface area (Å²) in [6, 6.07) is 40.7. The Bertz CT molecular complexity index is 1580. The Morgan fingerprint density at radius 2 is 1.20 bits per heavy atom. The minimum Gasteiger partial charge on any atom is -0.484 e. The molecule has 0 spiro atoms. The van der Waals surface area contributed by atoms with Gasteiger partial charge in [0.05, 0.1) is 0 Å². The van der Waals surface area contributed by atoms with Gasteiger partial charge >= 0.3 is 0 Å². The first kappa shape index (κ1) is 48.1. The smallest absolute Gasteiger partial charge is 0.134 e. The molecule has 263 valence electrons. The third-order valence-corrected chi connectivity index (χ3v) is 9.40. The topological polar surface area (TPSA) is 15.7 Å². The molecule has 6 rings (SSSR count). The van der Waals surface area contributed by atoms with Gasteiger partial charge in [-0.2, -0.15) is 0 Å². The van der Waals surface area contributed by atoms with Gasteiger partial charge in [0.15, 0.2) is 0 Å². The minimum atomic E-state index is 0. The molecule has 49 heavy (non-hydrogen) atoms. The van der Waals surface area contributed by atoms with Gasteiger partial charge in [-0.1, -0.05) is 82.4 Å². The molecule has 0 aliphatic heterocycles. The maximum absolute atomic E-state index is 6.41. The molecule has 0 amide bonds. The van der Waals surface area contributed by atoms with Gasteiger partial charge in [0.25, 0.3) is 0 Å². The number of rotatable bonds is 10. The summed E-state index contributed by atoms with van der Waals surface area (Å²) in [5.41, 5.74) is 0. The number of nitrogens with zero attached hydrogens (tertiary/aromatic N) is 2. The summed E-state index contributed by atoms with van der Waals surface area (Å²) < 4.78 is 6.41. The summed E-state index contributed by atoms with van der Waals surface area (Å²) in [5, 5.41) is 9.11. The number of ether oxygens (including phenoxy) is 1. The van der Waals surface area contributed by atoms with E-state index >= 15 is 0 Å². The minimum absolute atomic E-state index is 0. The fourth-order valence-electron chi connectivity index (χ4n) is 4.79. The van der Waals surface area contributed by atoms with Crippen LogP contribution in [0.1, 0.15) is 56.4 Å². The fourth-order valence-corrected chi connectivity index (χ4v) is 6.40. The molecule has 0 saturated heterocycles. The summed E-state index contributed by atoms with van der Waals surface area (Å²) in [7, 11) is 8.45. The van der Waals surface area contributed by atoms with Crippen LogP contribution in [0, 0.1) is 6.07 Å². The Balaban J connectivity index is 0.000000728. The van der Waals surface area contributed by atoms with Crippen LogP contribution in [0.25, 0.3) is 21.5 Å². The Morgan fingerprint density at radius 1 is 0.653 bits per heavy atom. The van der Waals surface area contributed by atoms with Gasteiger partial charge < -0.3 is 14.5 Å². The van der Waals surface area contributed by atoms with Gasteiger partial charge in [0, 0.05) is 98.0 Å². The SMILES string of the molecule is C.C.CC(CCN(C)C)c1cccs1.CN(C)CCC(Oc1cccc2ccccc12)c1cccs1.II.[Y].[c-]1cccc2ccccc12. The van der Waals surface area contributed by atoms with Crippen molar-refractivity contribution < 1.29 is 37.4 Å². The van der Waals surface area contributed by atoms with Gasteiger partial charge in [0.1, 0.15) is 11.9 Å². The maximum atomic E-state index is 6.41. The van der Waals surface area contributed by atoms with Crippen molar-refractivity contribution in [2.45, 2.75) is 46.6 Å². The van der Waals surface area contributed by atoms with Gasteiger partial charge in [0.2, 0.25) is 0 Å². The van der Waals surface area contributed by atoms with Crippen molar-refractivity contribution in [3.8, 4) is 5.75 Å². The van der Waals surface area contributed by atoms with E-state index in [1.165, 1.54) is 44.3 Å². The van der Waals surface area contributed by atoms with Crippen molar-refractivity contribution in [3.63, 3.8) is 0 Å². The summed E-state index contributed by atoms with van der Waals surface area (Å²) in [6.45, 7) is 4.49. The molecule has 0 aliphatic rings. The third-order valence-electron chi connectivity index (χ3n) is 7.33. The first-order valence-corrected chi connectivity index (χ1v) is 23.5. The van der Waals surface area contributed by atoms with Crippen LogP contribution in [-0.2, 0) is 32.7 Å². The van der Waals surface area contributed by atoms with E-state index < -0.39 is 0 Å². The molecule has 0 bridgehead atoms. The molecule has 2 aromatic heterocycles. The molecule has 2 unspecified atom stereocenters. The van der Waals surface area contributed by atoms with E-state index in [1.54, 1.807) is 11.3 Å². The molecule has 0 aliphatic carbocycles. The average Bonchev–Trinajstić information content (AvgIpc) is 3.83. The van der Waals surface area contributed by atoms with E-state index in [9.17, 15) is 0 Å². The molecule has 6 aromatic rings. The summed E-state index contributed by atoms with van der Waals surface area (Å²) in [5.74, 6) is 1.68. The van der Waals surface area contributed by atoms with Crippen molar-refractivity contribution in [1.29, 1.82) is 0 Å². The van der Waals surface area contributed by atoms with Gasteiger partial charge in [-0.3, -0.25) is 0 Å². The van der Waals surface area contributed by atoms with Crippen molar-refractivity contribution in [3.05, 3.63) is 136 Å². The van der Waals surface area contributed by atoms with E-state index in [0.717, 1.165) is 18.7 Å². The molecule has 2 heterocycles. The monoisotopic (exact) mass is 996 g/mol. The zero-order valence-electron chi connectivity index (χ0n) is 28.0. The summed E-state index contributed by atoms with van der Waals surface area (Å²) >= 11 is 7.87. The van der Waals surface area contributed by atoms with Crippen molar-refractivity contribution >= 4 is 81.5 Å². The van der Waals surface area contributed by atoms with Crippen LogP contribution in [-0.4, -0.2) is 51.1 Å². The van der Waals surface area contributed by atoms with Crippen molar-refractivity contribution in [2.75, 3.05) is 41.3 Å². The largest absolute Gasteiger partial charge is 0.484 e. The van der Waals surface area contributed by atoms with Gasteiger partial charge in [-0.25, -0.2) is 0 Å². The molecule has 0 fully saturated rings. The molecule has 1 radical (unpaired) electrons. The molecular weight excluding hydrogens is 943 g/mol. The fraction of sp³-hybridized carbons (Fsp3) is 0.317. The number of halogens is 2. The predicted octanol–water partition coefficient (Wildman–Crippen LogP) is 13.5. The van der Waals surface area contributed by atoms with Crippen LogP contribution < -0.4 is 4.74 Å². The Labute approximate surface area is 354 Å². The number of hydrogen-bond donors (Lipinski definition) is 0. The van der Waals surface area contributed by atoms with Crippen LogP contribution in [0.2, 0.25) is 0 Å². The van der Waals surface area contributed by atoms with Gasteiger partial charge in [-0.15, -0.1) is 69.8 Å². The Morgan fingerprint density at radius 3 is 1.82 bits per heavy atom. The standard InChI is InChI=1S/C19H21NOS.C10H17NS.C10H7.2CH4.I2.Y/c1-20(2)13-12-18(19-11-6-14-22-19)21-17-10-5-8-15-7-3-4-9-16(15)17;1-9(6-7-11(2)3)10-5-4-8-12-10;1-2-6-10-8-4-3-7-9(10)5-1;;;1-2;/h3-11,14,18H,12-13H2,1-2H3;4-5,8-9H,6-7H2,1-3H3;1-7H;2*1H4;;/q;;-1;;;;. The quantitative estimate of drug-likeness (QED) is 0.100. The van der Waals surface area contributed by atoms with Crippen molar-refractivity contribution in [2.24, 2.45) is 0 Å². The summed E-state index contributed by atoms with van der Waals surface area (Å²) in [4.78, 5) is 7.24. The van der Waals surface area contributed by atoms with Crippen molar-refractivity contribution in [1.82, 2.24) is 9.80 Å². The number of hydrogen-bond acceptors (Lipinski definition) is 5. The second-order valence-corrected chi connectivity index (χ2v) is 13.4. The molecule has 2 atom stereocenters. The normalized spacial score (nSPS) is 11.2. The first-order chi connectivity index (χ1) is 22.4. The zero-order chi connectivity index (χ0) is 33.1. The first-order valence-electron chi connectivity index (χ1n) is 15.4. The second-order valence-electron chi connectivity index (χ2n) is 11.5. The second kappa shape index (κ2) is 27.7. The van der Waals surface area contributed by atoms with Crippen LogP contribution in [0.15, 0.2) is 120 Å². The molecular formula is C41H53I2N2OS2Y-. The van der Waals surface area contributed by atoms with E-state index in [2.05, 4.69) is 184 Å². The average molecular weight is 997 g/mol. The Kier molecular flexibility index (Phi) is 27.2. The van der Waals surface area contributed by atoms with Crippen LogP contribution in [0.3, 0.4) is 0 Å². The number of fused-ring (bicyclic) bond motifs is 2. The third kappa shape index (κ3) is 17.4. The van der Waals surface area contributed by atoms with E-state index in [-0.39, 0.29) is 53.7 Å². The van der Waals surface area contributed by atoms with E-state index in [1.807, 2.05) is 35.6 Å². The molecule has 3 nitrogen and oxygen atoms in total. The van der Waals surface area contributed by atoms with E-state index in [0.29, 0.717) is 5.92 Å². The number of thiophene rings is 2. The Hall–Kier alpha value is -0.916. The van der Waals surface area contributed by atoms with E-state index in [4.69, 9.17) is 4.74 Å². The number of benzene rings is 4. The van der Waals surface area contributed by atoms with Crippen LogP contribution >= 0.6 is 59.9 Å². The zero-order valence-corrected chi connectivity index (χ0v) is 36.8. The summed E-state index contributed by atoms with van der Waals surface area (Å²) in [6.07, 6.45) is 2.35. The predicted molar refractivity (Wildman–Crippen MR) is 235 cm³/mol. The molecule has 0 N–H and O–H groups in total. The molecule has 8 heteroatoms. The van der Waals surface area contributed by atoms with Crippen LogP contribution in [0.5, 0.6) is 5.75 Å².